The van der Waals surface area contributed by atoms with E-state index in [0.29, 0.717) is 6.04 Å². The first-order chi connectivity index (χ1) is 10.7. The van der Waals surface area contributed by atoms with Gasteiger partial charge in [-0.1, -0.05) is 25.3 Å². The van der Waals surface area contributed by atoms with Crippen LogP contribution in [0.25, 0.3) is 0 Å². The van der Waals surface area contributed by atoms with E-state index in [9.17, 15) is 4.79 Å². The van der Waals surface area contributed by atoms with Crippen molar-refractivity contribution in [1.29, 1.82) is 0 Å². The number of nitrogens with one attached hydrogen (secondary N) is 1. The van der Waals surface area contributed by atoms with E-state index in [-0.39, 0.29) is 5.91 Å². The van der Waals surface area contributed by atoms with E-state index < -0.39 is 0 Å². The first-order valence-corrected chi connectivity index (χ1v) is 9.41. The second-order valence-electron chi connectivity index (χ2n) is 6.04. The third-order valence-electron chi connectivity index (χ3n) is 4.52. The van der Waals surface area contributed by atoms with Gasteiger partial charge in [-0.15, -0.1) is 11.3 Å². The molecule has 0 spiro atoms. The van der Waals surface area contributed by atoms with Gasteiger partial charge in [-0.2, -0.15) is 0 Å². The van der Waals surface area contributed by atoms with E-state index in [1.807, 2.05) is 22.4 Å². The highest BCUT2D eigenvalue weighted by Gasteiger charge is 2.25. The maximum absolute atomic E-state index is 12.3. The number of amides is 1. The molecule has 3 rings (SSSR count). The summed E-state index contributed by atoms with van der Waals surface area (Å²) in [6, 6.07) is 4.37. The highest BCUT2D eigenvalue weighted by molar-refractivity contribution is 7.80. The summed E-state index contributed by atoms with van der Waals surface area (Å²) in [4.78, 5) is 17.3. The highest BCUT2D eigenvalue weighted by Crippen LogP contribution is 2.18. The molecule has 6 heteroatoms. The SMILES string of the molecule is O=C(c1cccs1)N1CCN(C(=S)NC2CCCCC2)CC1. The van der Waals surface area contributed by atoms with Crippen LogP contribution in [0.5, 0.6) is 0 Å². The lowest BCUT2D eigenvalue weighted by Crippen LogP contribution is -2.54. The van der Waals surface area contributed by atoms with E-state index in [4.69, 9.17) is 12.2 Å². The first kappa shape index (κ1) is 15.7. The Morgan fingerprint density at radius 3 is 2.45 bits per heavy atom. The highest BCUT2D eigenvalue weighted by atomic mass is 32.1. The molecule has 2 aliphatic rings. The van der Waals surface area contributed by atoms with Crippen LogP contribution in [0.2, 0.25) is 0 Å². The molecule has 0 atom stereocenters. The molecule has 1 aliphatic heterocycles. The van der Waals surface area contributed by atoms with Crippen LogP contribution in [0.3, 0.4) is 0 Å². The van der Waals surface area contributed by atoms with Crippen molar-refractivity contribution in [2.75, 3.05) is 26.2 Å². The lowest BCUT2D eigenvalue weighted by molar-refractivity contribution is 0.0695. The molecule has 0 bridgehead atoms. The third-order valence-corrected chi connectivity index (χ3v) is 5.75. The van der Waals surface area contributed by atoms with Crippen molar-refractivity contribution in [2.24, 2.45) is 0 Å². The van der Waals surface area contributed by atoms with Crippen molar-refractivity contribution in [3.05, 3.63) is 22.4 Å². The second-order valence-corrected chi connectivity index (χ2v) is 7.38. The molecule has 120 valence electrons. The maximum Gasteiger partial charge on any atom is 0.264 e. The molecular formula is C16H23N3OS2. The van der Waals surface area contributed by atoms with Gasteiger partial charge in [0.25, 0.3) is 5.91 Å². The Bertz CT molecular complexity index is 503. The topological polar surface area (TPSA) is 35.6 Å². The molecule has 1 aromatic heterocycles. The summed E-state index contributed by atoms with van der Waals surface area (Å²) in [6.07, 6.45) is 6.44. The quantitative estimate of drug-likeness (QED) is 0.842. The van der Waals surface area contributed by atoms with E-state index in [1.165, 1.54) is 43.4 Å². The van der Waals surface area contributed by atoms with E-state index in [1.54, 1.807) is 0 Å². The number of thiophene rings is 1. The van der Waals surface area contributed by atoms with Crippen LogP contribution in [-0.4, -0.2) is 53.0 Å². The predicted octanol–water partition coefficient (Wildman–Crippen LogP) is 2.71. The van der Waals surface area contributed by atoms with Crippen molar-refractivity contribution in [2.45, 2.75) is 38.1 Å². The van der Waals surface area contributed by atoms with Gasteiger partial charge < -0.3 is 15.1 Å². The molecule has 1 N–H and O–H groups in total. The summed E-state index contributed by atoms with van der Waals surface area (Å²) in [5.74, 6) is 0.154. The predicted molar refractivity (Wildman–Crippen MR) is 94.4 cm³/mol. The average Bonchev–Trinajstić information content (AvgIpc) is 3.10. The summed E-state index contributed by atoms with van der Waals surface area (Å²) in [7, 11) is 0. The van der Waals surface area contributed by atoms with Gasteiger partial charge in [-0.25, -0.2) is 0 Å². The molecule has 1 aliphatic carbocycles. The number of thiocarbonyl (C=S) groups is 1. The number of carbonyl (C=O) groups is 1. The fourth-order valence-electron chi connectivity index (χ4n) is 3.18. The van der Waals surface area contributed by atoms with Crippen LogP contribution in [-0.2, 0) is 0 Å². The van der Waals surface area contributed by atoms with Crippen molar-refractivity contribution in [3.63, 3.8) is 0 Å². The Morgan fingerprint density at radius 1 is 1.14 bits per heavy atom. The number of carbonyl (C=O) groups excluding carboxylic acids is 1. The normalized spacial score (nSPS) is 20.0. The molecule has 0 radical (unpaired) electrons. The second kappa shape index (κ2) is 7.42. The van der Waals surface area contributed by atoms with Gasteiger partial charge in [0, 0.05) is 32.2 Å². The minimum absolute atomic E-state index is 0.154. The molecule has 0 unspecified atom stereocenters. The van der Waals surface area contributed by atoms with Crippen LogP contribution in [0.1, 0.15) is 41.8 Å². The van der Waals surface area contributed by atoms with Crippen LogP contribution < -0.4 is 5.32 Å². The lowest BCUT2D eigenvalue weighted by atomic mass is 9.96. The van der Waals surface area contributed by atoms with Gasteiger partial charge in [0.15, 0.2) is 5.11 Å². The largest absolute Gasteiger partial charge is 0.360 e. The summed E-state index contributed by atoms with van der Waals surface area (Å²) >= 11 is 7.06. The molecule has 22 heavy (non-hydrogen) atoms. The molecule has 2 fully saturated rings. The van der Waals surface area contributed by atoms with Gasteiger partial charge >= 0.3 is 0 Å². The number of nitrogens with zero attached hydrogens (tertiary/aromatic N) is 2. The van der Waals surface area contributed by atoms with Gasteiger partial charge in [0.1, 0.15) is 0 Å². The minimum atomic E-state index is 0.154. The van der Waals surface area contributed by atoms with Gasteiger partial charge in [0.2, 0.25) is 0 Å². The molecule has 1 amide bonds. The standard InChI is InChI=1S/C16H23N3OS2/c20-15(14-7-4-12-22-14)18-8-10-19(11-9-18)16(21)17-13-5-2-1-3-6-13/h4,7,12-13H,1-3,5-6,8-11H2,(H,17,21). The molecular weight excluding hydrogens is 314 g/mol. The van der Waals surface area contributed by atoms with Crippen molar-refractivity contribution in [3.8, 4) is 0 Å². The van der Waals surface area contributed by atoms with Crippen molar-refractivity contribution >= 4 is 34.6 Å². The zero-order chi connectivity index (χ0) is 15.4. The zero-order valence-electron chi connectivity index (χ0n) is 12.8. The smallest absolute Gasteiger partial charge is 0.264 e. The monoisotopic (exact) mass is 337 g/mol. The summed E-state index contributed by atoms with van der Waals surface area (Å²) in [6.45, 7) is 3.16. The van der Waals surface area contributed by atoms with E-state index in [0.717, 1.165) is 36.2 Å². The average molecular weight is 338 g/mol. The number of piperazine rings is 1. The van der Waals surface area contributed by atoms with Crippen LogP contribution in [0.15, 0.2) is 17.5 Å². The van der Waals surface area contributed by atoms with Gasteiger partial charge in [-0.3, -0.25) is 4.79 Å². The first-order valence-electron chi connectivity index (χ1n) is 8.12. The third kappa shape index (κ3) is 3.79. The van der Waals surface area contributed by atoms with E-state index in [2.05, 4.69) is 10.2 Å². The summed E-state index contributed by atoms with van der Waals surface area (Å²) < 4.78 is 0. The van der Waals surface area contributed by atoms with Crippen LogP contribution in [0, 0.1) is 0 Å². The Labute approximate surface area is 141 Å². The Hall–Kier alpha value is -1.14. The number of rotatable bonds is 2. The fraction of sp³-hybridized carbons (Fsp3) is 0.625. The number of hydrogen-bond donors (Lipinski definition) is 1. The molecule has 1 saturated heterocycles. The molecule has 0 aromatic carbocycles. The Morgan fingerprint density at radius 2 is 1.82 bits per heavy atom. The molecule has 1 saturated carbocycles. The maximum atomic E-state index is 12.3. The molecule has 4 nitrogen and oxygen atoms in total. The Kier molecular flexibility index (Phi) is 5.31. The molecule has 2 heterocycles. The molecule has 1 aromatic rings. The lowest BCUT2D eigenvalue weighted by Gasteiger charge is -2.37. The van der Waals surface area contributed by atoms with Crippen LogP contribution in [0.4, 0.5) is 0 Å². The zero-order valence-corrected chi connectivity index (χ0v) is 14.4. The summed E-state index contributed by atoms with van der Waals surface area (Å²) in [5, 5.41) is 6.34. The van der Waals surface area contributed by atoms with Crippen molar-refractivity contribution in [1.82, 2.24) is 15.1 Å². The van der Waals surface area contributed by atoms with Gasteiger partial charge in [-0.05, 0) is 36.5 Å². The van der Waals surface area contributed by atoms with E-state index >= 15 is 0 Å². The minimum Gasteiger partial charge on any atom is -0.360 e. The Balaban J connectivity index is 1.46. The number of hydrogen-bond acceptors (Lipinski definition) is 3. The van der Waals surface area contributed by atoms with Crippen molar-refractivity contribution < 1.29 is 4.79 Å². The fourth-order valence-corrected chi connectivity index (χ4v) is 4.22. The van der Waals surface area contributed by atoms with Crippen LogP contribution >= 0.6 is 23.6 Å². The summed E-state index contributed by atoms with van der Waals surface area (Å²) in [5.41, 5.74) is 0. The van der Waals surface area contributed by atoms with Gasteiger partial charge in [0.05, 0.1) is 4.88 Å².